The molecule has 36 heavy (non-hydrogen) atoms. The lowest BCUT2D eigenvalue weighted by Crippen LogP contribution is -2.62. The van der Waals surface area contributed by atoms with E-state index in [0.717, 1.165) is 30.0 Å². The fourth-order valence-electron chi connectivity index (χ4n) is 4.33. The number of aliphatic imine (C=N–C) groups is 1. The Labute approximate surface area is 218 Å². The van der Waals surface area contributed by atoms with Gasteiger partial charge in [-0.3, -0.25) is 4.79 Å². The zero-order valence-corrected chi connectivity index (χ0v) is 22.2. The molecule has 2 unspecified atom stereocenters. The first-order valence-electron chi connectivity index (χ1n) is 12.3. The fraction of sp³-hybridized carbons (Fsp3) is 0.520. The number of benzene rings is 1. The predicted molar refractivity (Wildman–Crippen MR) is 141 cm³/mol. The van der Waals surface area contributed by atoms with E-state index in [-0.39, 0.29) is 23.6 Å². The molecule has 1 saturated carbocycles. The van der Waals surface area contributed by atoms with Crippen LogP contribution < -0.4 is 15.5 Å². The Morgan fingerprint density at radius 1 is 1.28 bits per heavy atom. The molecule has 2 atom stereocenters. The Morgan fingerprint density at radius 3 is 2.72 bits per heavy atom. The summed E-state index contributed by atoms with van der Waals surface area (Å²) < 4.78 is 13.2. The third-order valence-electron chi connectivity index (χ3n) is 6.93. The van der Waals surface area contributed by atoms with Crippen molar-refractivity contribution in [3.05, 3.63) is 34.5 Å². The summed E-state index contributed by atoms with van der Waals surface area (Å²) >= 11 is 7.57. The van der Waals surface area contributed by atoms with Crippen LogP contribution in [0.15, 0.2) is 33.9 Å². The number of halogens is 2. The van der Waals surface area contributed by atoms with Crippen molar-refractivity contribution in [1.29, 1.82) is 0 Å². The highest BCUT2D eigenvalue weighted by Gasteiger charge is 2.34. The Bertz CT molecular complexity index is 1200. The van der Waals surface area contributed by atoms with Gasteiger partial charge < -0.3 is 15.5 Å². The van der Waals surface area contributed by atoms with Gasteiger partial charge in [-0.2, -0.15) is 0 Å². The van der Waals surface area contributed by atoms with Gasteiger partial charge in [0, 0.05) is 35.7 Å². The minimum absolute atomic E-state index is 0.00600. The lowest BCUT2D eigenvalue weighted by Gasteiger charge is -2.42. The average molecular weight is 536 g/mol. The maximum absolute atomic E-state index is 12.9. The number of thiazole rings is 1. The fourth-order valence-corrected chi connectivity index (χ4v) is 5.69. The molecule has 1 saturated heterocycles. The van der Waals surface area contributed by atoms with Crippen molar-refractivity contribution < 1.29 is 19.1 Å². The normalized spacial score (nSPS) is 21.7. The van der Waals surface area contributed by atoms with E-state index in [9.17, 15) is 14.1 Å². The van der Waals surface area contributed by atoms with E-state index in [1.807, 2.05) is 13.8 Å². The van der Waals surface area contributed by atoms with E-state index in [2.05, 4.69) is 25.5 Å². The van der Waals surface area contributed by atoms with Crippen LogP contribution in [-0.4, -0.2) is 53.8 Å². The van der Waals surface area contributed by atoms with Gasteiger partial charge in [0.05, 0.1) is 15.8 Å². The molecule has 1 amide bonds. The second kappa shape index (κ2) is 11.7. The minimum Gasteiger partial charge on any atom is -0.347 e. The molecule has 1 aromatic heterocycles. The number of carbonyl (C=O) groups excluding carboxylic acids is 2. The summed E-state index contributed by atoms with van der Waals surface area (Å²) in [6, 6.07) is 5.34. The van der Waals surface area contributed by atoms with Crippen molar-refractivity contribution in [2.75, 3.05) is 18.0 Å². The van der Waals surface area contributed by atoms with Gasteiger partial charge in [-0.1, -0.05) is 42.3 Å². The smallest absolute Gasteiger partial charge is 0.347 e. The molecular weight excluding hydrogens is 505 g/mol. The van der Waals surface area contributed by atoms with Gasteiger partial charge in [0.25, 0.3) is 5.91 Å². The molecule has 11 heteroatoms. The van der Waals surface area contributed by atoms with Crippen LogP contribution in [0, 0.1) is 0 Å². The van der Waals surface area contributed by atoms with E-state index in [1.54, 1.807) is 19.1 Å². The molecule has 2 heterocycles. The SMILES string of the molecule is CC/C(C)=C(Cl)/N=C(\C)C(=O)NC1CCN(c2nc3cccc(C(=O)OF)c3s2)CC1NC1CCC1. The zero-order valence-electron chi connectivity index (χ0n) is 20.6. The van der Waals surface area contributed by atoms with E-state index in [4.69, 9.17) is 16.6 Å². The molecule has 8 nitrogen and oxygen atoms in total. The van der Waals surface area contributed by atoms with Crippen molar-refractivity contribution in [1.82, 2.24) is 15.6 Å². The number of nitrogens with zero attached hydrogens (tertiary/aromatic N) is 3. The summed E-state index contributed by atoms with van der Waals surface area (Å²) in [7, 11) is 0. The molecule has 2 fully saturated rings. The van der Waals surface area contributed by atoms with E-state index < -0.39 is 5.97 Å². The predicted octanol–water partition coefficient (Wildman–Crippen LogP) is 4.88. The van der Waals surface area contributed by atoms with Gasteiger partial charge in [-0.15, -0.1) is 0 Å². The Balaban J connectivity index is 1.51. The van der Waals surface area contributed by atoms with Gasteiger partial charge in [-0.05, 0) is 57.2 Å². The molecule has 0 bridgehead atoms. The first-order chi connectivity index (χ1) is 17.3. The second-order valence-corrected chi connectivity index (χ2v) is 10.7. The van der Waals surface area contributed by atoms with Crippen LogP contribution in [0.5, 0.6) is 0 Å². The number of carbonyl (C=O) groups is 2. The highest BCUT2D eigenvalue weighted by atomic mass is 35.5. The van der Waals surface area contributed by atoms with Crippen LogP contribution in [-0.2, 0) is 9.74 Å². The number of hydrogen-bond acceptors (Lipinski definition) is 8. The third kappa shape index (κ3) is 5.87. The molecule has 0 spiro atoms. The lowest BCUT2D eigenvalue weighted by molar-refractivity contribution is -0.115. The van der Waals surface area contributed by atoms with Crippen LogP contribution in [0.4, 0.5) is 9.66 Å². The number of amides is 1. The molecule has 2 aromatic rings. The van der Waals surface area contributed by atoms with Crippen molar-refractivity contribution in [2.45, 2.75) is 71.0 Å². The van der Waals surface area contributed by atoms with Crippen LogP contribution in [0.2, 0.25) is 0 Å². The Morgan fingerprint density at radius 2 is 2.06 bits per heavy atom. The highest BCUT2D eigenvalue weighted by Crippen LogP contribution is 2.33. The third-order valence-corrected chi connectivity index (χ3v) is 8.50. The summed E-state index contributed by atoms with van der Waals surface area (Å²) in [5.41, 5.74) is 2.04. The summed E-state index contributed by atoms with van der Waals surface area (Å²) in [5, 5.41) is 7.97. The van der Waals surface area contributed by atoms with Gasteiger partial charge in [0.1, 0.15) is 10.9 Å². The molecule has 1 aliphatic carbocycles. The molecule has 1 aromatic carbocycles. The molecular formula is C25H31ClFN5O3S. The Hall–Kier alpha value is -2.56. The van der Waals surface area contributed by atoms with Gasteiger partial charge in [0.15, 0.2) is 5.13 Å². The van der Waals surface area contributed by atoms with Gasteiger partial charge >= 0.3 is 5.97 Å². The van der Waals surface area contributed by atoms with Crippen LogP contribution in [0.25, 0.3) is 10.2 Å². The van der Waals surface area contributed by atoms with Crippen LogP contribution in [0.1, 0.15) is 63.2 Å². The number of allylic oxidation sites excluding steroid dienone is 1. The standard InChI is InChI=1S/C25H31ClFN5O3S/c1-4-14(2)22(26)28-15(3)23(33)30-18-11-12-32(13-20(18)29-16-7-5-8-16)25-31-19-10-6-9-17(21(19)36-25)24(34)35-27/h6,9-10,16,18,20,29H,4-5,7-8,11-13H2,1-3H3,(H,30,33)/b22-14+,28-15+. The van der Waals surface area contributed by atoms with Crippen molar-refractivity contribution in [2.24, 2.45) is 4.99 Å². The van der Waals surface area contributed by atoms with E-state index in [0.29, 0.717) is 46.6 Å². The highest BCUT2D eigenvalue weighted by molar-refractivity contribution is 7.22. The number of nitrogens with one attached hydrogen (secondary N) is 2. The number of aromatic nitrogens is 1. The number of piperidine rings is 1. The summed E-state index contributed by atoms with van der Waals surface area (Å²) in [5.74, 6) is -1.26. The molecule has 1 aliphatic heterocycles. The van der Waals surface area contributed by atoms with Gasteiger partial charge in [-0.25, -0.2) is 19.7 Å². The zero-order chi connectivity index (χ0) is 25.8. The van der Waals surface area contributed by atoms with Crippen LogP contribution >= 0.6 is 22.9 Å². The molecule has 4 rings (SSSR count). The number of anilines is 1. The Kier molecular flexibility index (Phi) is 8.58. The molecule has 2 N–H and O–H groups in total. The maximum Gasteiger partial charge on any atom is 0.381 e. The van der Waals surface area contributed by atoms with Crippen molar-refractivity contribution in [3.8, 4) is 0 Å². The minimum atomic E-state index is -1.03. The monoisotopic (exact) mass is 535 g/mol. The molecule has 2 aliphatic rings. The summed E-state index contributed by atoms with van der Waals surface area (Å²) in [4.78, 5) is 39.3. The summed E-state index contributed by atoms with van der Waals surface area (Å²) in [6.07, 6.45) is 4.90. The first kappa shape index (κ1) is 26.5. The van der Waals surface area contributed by atoms with Gasteiger partial charge in [0.2, 0.25) is 0 Å². The largest absolute Gasteiger partial charge is 0.381 e. The molecule has 194 valence electrons. The van der Waals surface area contributed by atoms with Crippen molar-refractivity contribution >= 4 is 55.9 Å². The second-order valence-electron chi connectivity index (χ2n) is 9.35. The molecule has 0 radical (unpaired) electrons. The van der Waals surface area contributed by atoms with E-state index in [1.165, 1.54) is 23.8 Å². The van der Waals surface area contributed by atoms with Crippen molar-refractivity contribution in [3.63, 3.8) is 0 Å². The summed E-state index contributed by atoms with van der Waals surface area (Å²) in [6.45, 7) is 6.87. The van der Waals surface area contributed by atoms with Crippen LogP contribution in [0.3, 0.4) is 0 Å². The first-order valence-corrected chi connectivity index (χ1v) is 13.4. The van der Waals surface area contributed by atoms with E-state index >= 15 is 0 Å². The maximum atomic E-state index is 12.9. The lowest BCUT2D eigenvalue weighted by atomic mass is 9.90. The average Bonchev–Trinajstić information content (AvgIpc) is 3.30. The quantitative estimate of drug-likeness (QED) is 0.369. The topological polar surface area (TPSA) is 95.9 Å². The number of fused-ring (bicyclic) bond motifs is 1. The number of hydrogen-bond donors (Lipinski definition) is 2. The number of rotatable bonds is 8.